The standard InChI is InChI=1S/C10H10O3/c1-7-5-9-8(6-11)3-2-4-10(9)13-12-7/h2-4,6-7H,5H2,1H3/t7-/m1/s1. The molecule has 1 aromatic rings. The summed E-state index contributed by atoms with van der Waals surface area (Å²) >= 11 is 0. The van der Waals surface area contributed by atoms with Crippen LogP contribution in [0.3, 0.4) is 0 Å². The van der Waals surface area contributed by atoms with E-state index in [-0.39, 0.29) is 6.10 Å². The van der Waals surface area contributed by atoms with Gasteiger partial charge in [-0.2, -0.15) is 4.89 Å². The van der Waals surface area contributed by atoms with E-state index in [9.17, 15) is 4.79 Å². The van der Waals surface area contributed by atoms with Crippen LogP contribution in [-0.2, 0) is 11.3 Å². The van der Waals surface area contributed by atoms with Crippen molar-refractivity contribution in [3.05, 3.63) is 29.3 Å². The molecule has 0 saturated heterocycles. The van der Waals surface area contributed by atoms with E-state index in [1.165, 1.54) is 0 Å². The Morgan fingerprint density at radius 2 is 2.38 bits per heavy atom. The Morgan fingerprint density at radius 3 is 3.15 bits per heavy atom. The molecule has 2 rings (SSSR count). The molecule has 0 bridgehead atoms. The summed E-state index contributed by atoms with van der Waals surface area (Å²) in [6, 6.07) is 5.36. The summed E-state index contributed by atoms with van der Waals surface area (Å²) in [6.07, 6.45) is 1.58. The van der Waals surface area contributed by atoms with Crippen LogP contribution in [0.15, 0.2) is 18.2 Å². The Labute approximate surface area is 76.2 Å². The maximum Gasteiger partial charge on any atom is 0.169 e. The first kappa shape index (κ1) is 8.26. The van der Waals surface area contributed by atoms with Gasteiger partial charge in [0, 0.05) is 17.5 Å². The van der Waals surface area contributed by atoms with Gasteiger partial charge in [0.05, 0.1) is 0 Å². The normalized spacial score (nSPS) is 20.2. The minimum atomic E-state index is 0.00796. The zero-order valence-electron chi connectivity index (χ0n) is 7.32. The molecule has 0 N–H and O–H groups in total. The number of benzene rings is 1. The Balaban J connectivity index is 2.46. The van der Waals surface area contributed by atoms with E-state index in [1.807, 2.05) is 6.92 Å². The SMILES string of the molecule is C[C@@H]1Cc2c(C=O)cccc2OO1. The Hall–Kier alpha value is -1.35. The molecular formula is C10H10O3. The van der Waals surface area contributed by atoms with Crippen LogP contribution in [0.2, 0.25) is 0 Å². The molecule has 1 atom stereocenters. The van der Waals surface area contributed by atoms with Crippen LogP contribution in [0.4, 0.5) is 0 Å². The van der Waals surface area contributed by atoms with Gasteiger partial charge in [-0.1, -0.05) is 12.1 Å². The lowest BCUT2D eigenvalue weighted by Gasteiger charge is -2.21. The summed E-state index contributed by atoms with van der Waals surface area (Å²) in [5, 5.41) is 0. The van der Waals surface area contributed by atoms with E-state index in [2.05, 4.69) is 0 Å². The first-order valence-corrected chi connectivity index (χ1v) is 4.21. The quantitative estimate of drug-likeness (QED) is 0.485. The van der Waals surface area contributed by atoms with Gasteiger partial charge in [0.2, 0.25) is 0 Å². The molecule has 0 unspecified atom stereocenters. The Bertz CT molecular complexity index is 333. The zero-order valence-corrected chi connectivity index (χ0v) is 7.32. The number of rotatable bonds is 1. The molecule has 3 heteroatoms. The monoisotopic (exact) mass is 178 g/mol. The molecule has 0 fully saturated rings. The molecule has 0 spiro atoms. The molecule has 13 heavy (non-hydrogen) atoms. The zero-order chi connectivity index (χ0) is 9.26. The lowest BCUT2D eigenvalue weighted by Crippen LogP contribution is -2.21. The second kappa shape index (κ2) is 3.18. The van der Waals surface area contributed by atoms with Gasteiger partial charge in [0.1, 0.15) is 12.4 Å². The molecule has 1 heterocycles. The molecule has 1 aromatic carbocycles. The number of carbonyl (C=O) groups excluding carboxylic acids is 1. The van der Waals surface area contributed by atoms with Gasteiger partial charge < -0.3 is 4.89 Å². The van der Waals surface area contributed by atoms with E-state index in [0.717, 1.165) is 18.3 Å². The van der Waals surface area contributed by atoms with Crippen LogP contribution in [-0.4, -0.2) is 12.4 Å². The highest BCUT2D eigenvalue weighted by Crippen LogP contribution is 2.27. The van der Waals surface area contributed by atoms with E-state index in [1.54, 1.807) is 18.2 Å². The number of carbonyl (C=O) groups is 1. The fourth-order valence-electron chi connectivity index (χ4n) is 1.44. The summed E-state index contributed by atoms with van der Waals surface area (Å²) in [6.45, 7) is 1.91. The maximum atomic E-state index is 10.7. The maximum absolute atomic E-state index is 10.7. The smallest absolute Gasteiger partial charge is 0.169 e. The van der Waals surface area contributed by atoms with Crippen LogP contribution >= 0.6 is 0 Å². The van der Waals surface area contributed by atoms with E-state index in [0.29, 0.717) is 11.3 Å². The van der Waals surface area contributed by atoms with Gasteiger partial charge in [0.15, 0.2) is 5.75 Å². The third-order valence-corrected chi connectivity index (χ3v) is 2.09. The lowest BCUT2D eigenvalue weighted by atomic mass is 10.0. The summed E-state index contributed by atoms with van der Waals surface area (Å²) in [5.41, 5.74) is 1.63. The summed E-state index contributed by atoms with van der Waals surface area (Å²) < 4.78 is 0. The van der Waals surface area contributed by atoms with Crippen LogP contribution in [0, 0.1) is 0 Å². The first-order valence-electron chi connectivity index (χ1n) is 4.21. The number of aldehydes is 1. The predicted molar refractivity (Wildman–Crippen MR) is 46.7 cm³/mol. The minimum Gasteiger partial charge on any atom is -0.337 e. The second-order valence-electron chi connectivity index (χ2n) is 3.14. The fraction of sp³-hybridized carbons (Fsp3) is 0.300. The molecule has 1 aliphatic rings. The topological polar surface area (TPSA) is 35.5 Å². The molecule has 0 saturated carbocycles. The van der Waals surface area contributed by atoms with Crippen LogP contribution in [0.1, 0.15) is 22.8 Å². The summed E-state index contributed by atoms with van der Waals surface area (Å²) in [4.78, 5) is 20.7. The third-order valence-electron chi connectivity index (χ3n) is 2.09. The van der Waals surface area contributed by atoms with Crippen molar-refractivity contribution in [1.82, 2.24) is 0 Å². The van der Waals surface area contributed by atoms with E-state index < -0.39 is 0 Å². The summed E-state index contributed by atoms with van der Waals surface area (Å²) in [7, 11) is 0. The fourth-order valence-corrected chi connectivity index (χ4v) is 1.44. The highest BCUT2D eigenvalue weighted by Gasteiger charge is 2.19. The van der Waals surface area contributed by atoms with Crippen molar-refractivity contribution in [3.8, 4) is 5.75 Å². The highest BCUT2D eigenvalue weighted by molar-refractivity contribution is 5.78. The van der Waals surface area contributed by atoms with Gasteiger partial charge in [-0.3, -0.25) is 4.79 Å². The number of hydrogen-bond acceptors (Lipinski definition) is 3. The average molecular weight is 178 g/mol. The van der Waals surface area contributed by atoms with Crippen molar-refractivity contribution in [2.24, 2.45) is 0 Å². The van der Waals surface area contributed by atoms with Crippen molar-refractivity contribution >= 4 is 6.29 Å². The predicted octanol–water partition coefficient (Wildman–Crippen LogP) is 1.75. The minimum absolute atomic E-state index is 0.00796. The van der Waals surface area contributed by atoms with Gasteiger partial charge >= 0.3 is 0 Å². The Morgan fingerprint density at radius 1 is 1.54 bits per heavy atom. The molecular weight excluding hydrogens is 168 g/mol. The molecule has 68 valence electrons. The van der Waals surface area contributed by atoms with Crippen molar-refractivity contribution in [2.75, 3.05) is 0 Å². The summed E-state index contributed by atoms with van der Waals surface area (Å²) in [5.74, 6) is 0.655. The molecule has 0 radical (unpaired) electrons. The second-order valence-corrected chi connectivity index (χ2v) is 3.14. The molecule has 0 aromatic heterocycles. The molecule has 3 nitrogen and oxygen atoms in total. The number of hydrogen-bond donors (Lipinski definition) is 0. The van der Waals surface area contributed by atoms with E-state index >= 15 is 0 Å². The third kappa shape index (κ3) is 1.42. The highest BCUT2D eigenvalue weighted by atomic mass is 17.2. The van der Waals surface area contributed by atoms with Crippen molar-refractivity contribution in [3.63, 3.8) is 0 Å². The largest absolute Gasteiger partial charge is 0.337 e. The first-order chi connectivity index (χ1) is 6.31. The molecule has 0 aliphatic carbocycles. The van der Waals surface area contributed by atoms with Crippen molar-refractivity contribution < 1.29 is 14.6 Å². The van der Waals surface area contributed by atoms with Gasteiger partial charge in [-0.25, -0.2) is 0 Å². The lowest BCUT2D eigenvalue weighted by molar-refractivity contribution is -0.249. The number of fused-ring (bicyclic) bond motifs is 1. The molecule has 0 amide bonds. The van der Waals surface area contributed by atoms with Gasteiger partial charge in [-0.15, -0.1) is 0 Å². The average Bonchev–Trinajstić information content (AvgIpc) is 2.17. The van der Waals surface area contributed by atoms with Gasteiger partial charge in [-0.05, 0) is 13.0 Å². The van der Waals surface area contributed by atoms with Crippen LogP contribution in [0.5, 0.6) is 5.75 Å². The Kier molecular flexibility index (Phi) is 2.02. The van der Waals surface area contributed by atoms with Crippen LogP contribution in [0.25, 0.3) is 0 Å². The molecule has 1 aliphatic heterocycles. The van der Waals surface area contributed by atoms with Crippen molar-refractivity contribution in [2.45, 2.75) is 19.4 Å². The van der Waals surface area contributed by atoms with E-state index in [4.69, 9.17) is 9.78 Å². The van der Waals surface area contributed by atoms with Gasteiger partial charge in [0.25, 0.3) is 0 Å². The van der Waals surface area contributed by atoms with Crippen LogP contribution < -0.4 is 4.89 Å². The van der Waals surface area contributed by atoms with Crippen molar-refractivity contribution in [1.29, 1.82) is 0 Å².